The molecule has 0 unspecified atom stereocenters. The molecule has 4 rings (SSSR count). The van der Waals surface area contributed by atoms with Crippen molar-refractivity contribution >= 4 is 39.1 Å². The van der Waals surface area contributed by atoms with Crippen molar-refractivity contribution < 1.29 is 17.5 Å². The minimum absolute atomic E-state index is 0.152. The monoisotopic (exact) mass is 504 g/mol. The molecule has 1 aromatic heterocycles. The molecule has 2 aliphatic carbocycles. The molecule has 1 heterocycles. The van der Waals surface area contributed by atoms with Gasteiger partial charge in [-0.25, -0.2) is 17.8 Å². The number of nitrogens with zero attached hydrogens (tertiary/aromatic N) is 4. The molecule has 0 radical (unpaired) electrons. The zero-order valence-electron chi connectivity index (χ0n) is 20.3. The molecule has 1 aromatic carbocycles. The van der Waals surface area contributed by atoms with Gasteiger partial charge in [-0.3, -0.25) is 0 Å². The van der Waals surface area contributed by atoms with E-state index in [2.05, 4.69) is 30.6 Å². The molecule has 2 N–H and O–H groups in total. The molecule has 2 fully saturated rings. The largest absolute Gasteiger partial charge is 0.494 e. The normalized spacial score (nSPS) is 19.6. The van der Waals surface area contributed by atoms with Gasteiger partial charge >= 0.3 is 0 Å². The van der Waals surface area contributed by atoms with E-state index in [-0.39, 0.29) is 28.9 Å². The smallest absolute Gasteiger partial charge is 0.255 e. The molecule has 2 aliphatic rings. The number of hydrogen-bond donors (Lipinski definition) is 2. The minimum Gasteiger partial charge on any atom is -0.494 e. The summed E-state index contributed by atoms with van der Waals surface area (Å²) in [6, 6.07) is 4.81. The Morgan fingerprint density at radius 1 is 1.00 bits per heavy atom. The van der Waals surface area contributed by atoms with Crippen molar-refractivity contribution in [3.05, 3.63) is 24.0 Å². The summed E-state index contributed by atoms with van der Waals surface area (Å²) in [5.41, 5.74) is 1.35. The molecule has 0 spiro atoms. The number of anilines is 3. The highest BCUT2D eigenvalue weighted by Crippen LogP contribution is 2.27. The highest BCUT2D eigenvalue weighted by atomic mass is 32.2. The van der Waals surface area contributed by atoms with Crippen LogP contribution in [0.4, 0.5) is 27.9 Å². The molecule has 0 amide bonds. The number of rotatable bonds is 7. The molecular weight excluding hydrogens is 471 g/mol. The molecule has 2 aromatic rings. The van der Waals surface area contributed by atoms with Crippen molar-refractivity contribution in [1.29, 1.82) is 0 Å². The summed E-state index contributed by atoms with van der Waals surface area (Å²) in [6.45, 7) is 0. The highest BCUT2D eigenvalue weighted by molar-refractivity contribution is 7.91. The van der Waals surface area contributed by atoms with E-state index in [0.29, 0.717) is 37.3 Å². The highest BCUT2D eigenvalue weighted by Gasteiger charge is 2.26. The lowest BCUT2D eigenvalue weighted by atomic mass is 9.98. The first kappa shape index (κ1) is 25.3. The van der Waals surface area contributed by atoms with Crippen LogP contribution in [0.5, 0.6) is 5.75 Å². The Hall–Kier alpha value is -2.82. The fourth-order valence-corrected chi connectivity index (χ4v) is 5.71. The Bertz CT molecular complexity index is 1160. The molecule has 0 aliphatic heterocycles. The number of methoxy groups -OCH3 is 1. The van der Waals surface area contributed by atoms with E-state index in [1.807, 2.05) is 0 Å². The standard InChI is InChI=1S/C24H33FN6O3S/c1-34-21-14-11-18(15-20(21)25)28-24-30-22(26-16-7-5-3-4-6-8-16)29-23(31-24)27-17-9-12-19(13-10-17)35(2,32)33/h11,14-16,19H,3-10,12-13H2,1-2H3,(H2,26,28,29,30,31). The Balaban J connectivity index is 1.57. The third kappa shape index (κ3) is 7.09. The zero-order valence-corrected chi connectivity index (χ0v) is 21.1. The molecule has 2 saturated carbocycles. The van der Waals surface area contributed by atoms with Gasteiger partial charge in [0.05, 0.1) is 12.4 Å². The van der Waals surface area contributed by atoms with Crippen LogP contribution in [-0.4, -0.2) is 53.7 Å². The van der Waals surface area contributed by atoms with E-state index in [9.17, 15) is 12.8 Å². The quantitative estimate of drug-likeness (QED) is 0.508. The van der Waals surface area contributed by atoms with Crippen LogP contribution >= 0.6 is 0 Å². The van der Waals surface area contributed by atoms with E-state index in [1.165, 1.54) is 38.3 Å². The molecule has 9 nitrogen and oxygen atoms in total. The Kier molecular flexibility index (Phi) is 8.15. The number of halogens is 1. The number of sulfone groups is 1. The van der Waals surface area contributed by atoms with Crippen LogP contribution in [-0.2, 0) is 9.84 Å². The van der Waals surface area contributed by atoms with Gasteiger partial charge in [0.1, 0.15) is 9.84 Å². The van der Waals surface area contributed by atoms with Crippen LogP contribution in [0.2, 0.25) is 0 Å². The van der Waals surface area contributed by atoms with Crippen LogP contribution in [0.1, 0.15) is 64.2 Å². The van der Waals surface area contributed by atoms with Crippen molar-refractivity contribution in [3.8, 4) is 5.75 Å². The fourth-order valence-electron chi connectivity index (χ4n) is 4.62. The van der Waals surface area contributed by atoms with Gasteiger partial charge in [0.25, 0.3) is 5.95 Å². The summed E-state index contributed by atoms with van der Waals surface area (Å²) in [5.74, 6) is 0.586. The molecule has 35 heavy (non-hydrogen) atoms. The summed E-state index contributed by atoms with van der Waals surface area (Å²) >= 11 is 0. The molecule has 11 heteroatoms. The van der Waals surface area contributed by atoms with Crippen molar-refractivity contribution in [2.75, 3.05) is 24.0 Å². The van der Waals surface area contributed by atoms with Gasteiger partial charge < -0.3 is 15.4 Å². The SMILES string of the molecule is COc1ccc(Nc2nc(N=C3CCC(S(C)(=O)=O)CC3)nc(NC3CCCCCC3)n2)cc1F. The number of hydrogen-bond acceptors (Lipinski definition) is 9. The molecular formula is C24H33FN6O3S. The Morgan fingerprint density at radius 2 is 1.69 bits per heavy atom. The lowest BCUT2D eigenvalue weighted by molar-refractivity contribution is 0.386. The van der Waals surface area contributed by atoms with Gasteiger partial charge in [-0.15, -0.1) is 0 Å². The first-order chi connectivity index (χ1) is 16.8. The van der Waals surface area contributed by atoms with E-state index < -0.39 is 15.7 Å². The first-order valence-electron chi connectivity index (χ1n) is 12.2. The van der Waals surface area contributed by atoms with Crippen LogP contribution in [0, 0.1) is 5.82 Å². The summed E-state index contributed by atoms with van der Waals surface area (Å²) in [7, 11) is -1.64. The van der Waals surface area contributed by atoms with Crippen molar-refractivity contribution in [2.24, 2.45) is 4.99 Å². The van der Waals surface area contributed by atoms with Crippen LogP contribution in [0.15, 0.2) is 23.2 Å². The maximum absolute atomic E-state index is 14.2. The number of benzene rings is 1. The maximum atomic E-state index is 14.2. The second kappa shape index (κ2) is 11.3. The lowest BCUT2D eigenvalue weighted by Gasteiger charge is -2.21. The predicted molar refractivity (Wildman–Crippen MR) is 135 cm³/mol. The van der Waals surface area contributed by atoms with Gasteiger partial charge in [-0.1, -0.05) is 25.7 Å². The second-order valence-corrected chi connectivity index (χ2v) is 11.6. The van der Waals surface area contributed by atoms with Crippen LogP contribution < -0.4 is 15.4 Å². The summed E-state index contributed by atoms with van der Waals surface area (Å²) in [6.07, 6.45) is 10.4. The van der Waals surface area contributed by atoms with Crippen LogP contribution in [0.3, 0.4) is 0 Å². The second-order valence-electron chi connectivity index (χ2n) is 9.30. The number of aliphatic imine (C=N–C) groups is 1. The van der Waals surface area contributed by atoms with Crippen molar-refractivity contribution in [2.45, 2.75) is 75.5 Å². The number of ether oxygens (including phenoxy) is 1. The average molecular weight is 505 g/mol. The summed E-state index contributed by atoms with van der Waals surface area (Å²) in [4.78, 5) is 18.1. The third-order valence-electron chi connectivity index (χ3n) is 6.59. The Labute approximate surface area is 206 Å². The van der Waals surface area contributed by atoms with Gasteiger partial charge in [-0.2, -0.15) is 15.0 Å². The molecule has 0 saturated heterocycles. The van der Waals surface area contributed by atoms with E-state index in [0.717, 1.165) is 31.4 Å². The minimum atomic E-state index is -3.05. The topological polar surface area (TPSA) is 118 Å². The van der Waals surface area contributed by atoms with E-state index >= 15 is 0 Å². The first-order valence-corrected chi connectivity index (χ1v) is 14.1. The molecule has 0 bridgehead atoms. The summed E-state index contributed by atoms with van der Waals surface area (Å²) in [5, 5.41) is 6.16. The fraction of sp³-hybridized carbons (Fsp3) is 0.583. The Morgan fingerprint density at radius 3 is 2.31 bits per heavy atom. The van der Waals surface area contributed by atoms with Gasteiger partial charge in [0.2, 0.25) is 11.9 Å². The van der Waals surface area contributed by atoms with Crippen LogP contribution in [0.25, 0.3) is 0 Å². The van der Waals surface area contributed by atoms with Crippen molar-refractivity contribution in [3.63, 3.8) is 0 Å². The predicted octanol–water partition coefficient (Wildman–Crippen LogP) is 4.96. The van der Waals surface area contributed by atoms with Gasteiger partial charge in [0.15, 0.2) is 11.6 Å². The van der Waals surface area contributed by atoms with Crippen molar-refractivity contribution in [1.82, 2.24) is 15.0 Å². The molecule has 190 valence electrons. The summed E-state index contributed by atoms with van der Waals surface area (Å²) < 4.78 is 42.9. The van der Waals surface area contributed by atoms with Gasteiger partial charge in [-0.05, 0) is 50.7 Å². The van der Waals surface area contributed by atoms with E-state index in [1.54, 1.807) is 6.07 Å². The lowest BCUT2D eigenvalue weighted by Crippen LogP contribution is -2.26. The zero-order chi connectivity index (χ0) is 24.8. The molecule has 0 atom stereocenters. The number of nitrogens with one attached hydrogen (secondary N) is 2. The van der Waals surface area contributed by atoms with E-state index in [4.69, 9.17) is 4.74 Å². The van der Waals surface area contributed by atoms with Gasteiger partial charge in [0, 0.05) is 29.8 Å². The number of aromatic nitrogens is 3. The average Bonchev–Trinajstić information content (AvgIpc) is 3.07. The third-order valence-corrected chi connectivity index (χ3v) is 8.28. The maximum Gasteiger partial charge on any atom is 0.255 e.